The number of aliphatic hydroxyl groups is 1. The second kappa shape index (κ2) is 10.5. The van der Waals surface area contributed by atoms with Crippen molar-refractivity contribution in [1.29, 1.82) is 0 Å². The summed E-state index contributed by atoms with van der Waals surface area (Å²) in [4.78, 5) is 32.8. The first kappa shape index (κ1) is 26.2. The Labute approximate surface area is 240 Å². The van der Waals surface area contributed by atoms with Crippen molar-refractivity contribution < 1.29 is 19.1 Å². The lowest BCUT2D eigenvalue weighted by Gasteiger charge is -2.22. The van der Waals surface area contributed by atoms with Crippen LogP contribution < -0.4 is 4.90 Å². The first-order valence-corrected chi connectivity index (χ1v) is 14.2. The van der Waals surface area contributed by atoms with Crippen LogP contribution in [-0.4, -0.2) is 36.4 Å². The van der Waals surface area contributed by atoms with E-state index in [4.69, 9.17) is 11.6 Å². The molecule has 0 saturated carbocycles. The molecule has 40 heavy (non-hydrogen) atoms. The summed E-state index contributed by atoms with van der Waals surface area (Å²) < 4.78 is 15.5. The van der Waals surface area contributed by atoms with E-state index in [1.807, 2.05) is 6.07 Å². The maximum atomic E-state index is 13.5. The highest BCUT2D eigenvalue weighted by molar-refractivity contribution is 8.00. The fraction of sp³-hybridized carbons (Fsp3) is 0.107. The molecule has 3 aromatic heterocycles. The Hall–Kier alpha value is -4.06. The van der Waals surface area contributed by atoms with Crippen LogP contribution in [-0.2, 0) is 15.3 Å². The van der Waals surface area contributed by atoms with Gasteiger partial charge in [-0.1, -0.05) is 65.0 Å². The van der Waals surface area contributed by atoms with Gasteiger partial charge in [0.05, 0.1) is 17.3 Å². The van der Waals surface area contributed by atoms with Crippen LogP contribution in [0.4, 0.5) is 9.52 Å². The highest BCUT2D eigenvalue weighted by atomic mass is 35.5. The molecule has 1 atom stereocenters. The third-order valence-corrected chi connectivity index (χ3v) is 8.82. The predicted molar refractivity (Wildman–Crippen MR) is 152 cm³/mol. The molecule has 1 aliphatic rings. The number of nitrogens with zero attached hydrogens (tertiary/aromatic N) is 5. The topological polar surface area (TPSA) is 101 Å². The number of aryl methyl sites for hydroxylation is 1. The summed E-state index contributed by atoms with van der Waals surface area (Å²) in [6.45, 7) is 1.73. The zero-order valence-corrected chi connectivity index (χ0v) is 23.2. The number of aromatic nitrogens is 4. The van der Waals surface area contributed by atoms with Crippen LogP contribution in [0, 0.1) is 12.7 Å². The number of rotatable bonds is 6. The van der Waals surface area contributed by atoms with Crippen LogP contribution in [0.5, 0.6) is 0 Å². The average Bonchev–Trinajstić information content (AvgIpc) is 3.62. The van der Waals surface area contributed by atoms with Crippen LogP contribution in [0.1, 0.15) is 28.6 Å². The lowest BCUT2D eigenvalue weighted by atomic mass is 9.96. The number of carbonyl (C=O) groups excluding carboxylic acids is 2. The van der Waals surface area contributed by atoms with E-state index in [1.54, 1.807) is 66.1 Å². The molecule has 200 valence electrons. The maximum Gasteiger partial charge on any atom is 0.301 e. The first-order valence-electron chi connectivity index (χ1n) is 12.0. The Morgan fingerprint density at radius 2 is 1.82 bits per heavy atom. The predicted octanol–water partition coefficient (Wildman–Crippen LogP) is 6.21. The van der Waals surface area contributed by atoms with Gasteiger partial charge in [0, 0.05) is 17.0 Å². The lowest BCUT2D eigenvalue weighted by molar-refractivity contribution is -0.132. The Balaban J connectivity index is 1.43. The molecule has 0 radical (unpaired) electrons. The fourth-order valence-electron chi connectivity index (χ4n) is 4.60. The van der Waals surface area contributed by atoms with E-state index in [9.17, 15) is 19.1 Å². The number of hydrogen-bond donors (Lipinski definition) is 1. The van der Waals surface area contributed by atoms with E-state index in [1.165, 1.54) is 28.8 Å². The summed E-state index contributed by atoms with van der Waals surface area (Å²) in [7, 11) is 0. The van der Waals surface area contributed by atoms with Gasteiger partial charge in [-0.25, -0.2) is 9.37 Å². The van der Waals surface area contributed by atoms with E-state index < -0.39 is 17.7 Å². The molecule has 2 aromatic carbocycles. The van der Waals surface area contributed by atoms with Gasteiger partial charge < -0.3 is 5.11 Å². The molecule has 8 nitrogen and oxygen atoms in total. The van der Waals surface area contributed by atoms with Gasteiger partial charge in [0.1, 0.15) is 17.2 Å². The zero-order chi connectivity index (χ0) is 28.0. The third kappa shape index (κ3) is 4.66. The number of thioether (sulfide) groups is 1. The second-order valence-electron chi connectivity index (χ2n) is 8.96. The van der Waals surface area contributed by atoms with Crippen molar-refractivity contribution in [3.8, 4) is 0 Å². The molecule has 12 heteroatoms. The number of amides is 1. The summed E-state index contributed by atoms with van der Waals surface area (Å²) >= 11 is 8.65. The summed E-state index contributed by atoms with van der Waals surface area (Å²) in [6.07, 6.45) is 1.73. The molecule has 1 N–H and O–H groups in total. The SMILES string of the molecule is Cc1nc2ccccn2c1C(O)=C1C(=O)C(=O)N(c2nnc(SCc3ccc(F)cc3)s2)C1c1ccc(Cl)cc1. The van der Waals surface area contributed by atoms with E-state index in [0.717, 1.165) is 16.9 Å². The molecule has 0 spiro atoms. The molecule has 6 rings (SSSR count). The molecule has 1 unspecified atom stereocenters. The number of pyridine rings is 1. The minimum absolute atomic E-state index is 0.0863. The summed E-state index contributed by atoms with van der Waals surface area (Å²) in [5, 5.41) is 20.7. The van der Waals surface area contributed by atoms with Gasteiger partial charge in [-0.15, -0.1) is 10.2 Å². The minimum atomic E-state index is -0.978. The number of Topliss-reactive ketones (excluding diaryl/α,β-unsaturated/α-hetero) is 1. The smallest absolute Gasteiger partial charge is 0.301 e. The van der Waals surface area contributed by atoms with Crippen LogP contribution in [0.3, 0.4) is 0 Å². The standard InChI is InChI=1S/C28H19ClFN5O3S2/c1-15-22(34-13-3-2-4-20(34)31-15)24(36)21-23(17-7-9-18(29)10-8-17)35(26(38)25(21)37)27-32-33-28(40-27)39-14-16-5-11-19(30)12-6-16/h2-13,23,36H,14H2,1H3. The number of carbonyl (C=O) groups is 2. The lowest BCUT2D eigenvalue weighted by Crippen LogP contribution is -2.29. The number of benzene rings is 2. The molecular weight excluding hydrogens is 573 g/mol. The number of halogens is 2. The van der Waals surface area contributed by atoms with Gasteiger partial charge in [0.2, 0.25) is 5.13 Å². The average molecular weight is 592 g/mol. The van der Waals surface area contributed by atoms with Crippen LogP contribution in [0.2, 0.25) is 5.02 Å². The number of anilines is 1. The highest BCUT2D eigenvalue weighted by Crippen LogP contribution is 2.44. The number of fused-ring (bicyclic) bond motifs is 1. The Kier molecular flexibility index (Phi) is 6.87. The molecule has 1 aliphatic heterocycles. The van der Waals surface area contributed by atoms with Crippen molar-refractivity contribution in [2.75, 3.05) is 4.90 Å². The van der Waals surface area contributed by atoms with Gasteiger partial charge in [0.25, 0.3) is 5.78 Å². The fourth-order valence-corrected chi connectivity index (χ4v) is 6.55. The Bertz CT molecular complexity index is 1800. The maximum absolute atomic E-state index is 13.5. The number of aliphatic hydroxyl groups excluding tert-OH is 1. The van der Waals surface area contributed by atoms with E-state index in [-0.39, 0.29) is 22.3 Å². The van der Waals surface area contributed by atoms with Crippen molar-refractivity contribution >= 4 is 62.9 Å². The number of hydrogen-bond acceptors (Lipinski definition) is 8. The molecular formula is C28H19ClFN5O3S2. The van der Waals surface area contributed by atoms with Gasteiger partial charge in [-0.05, 0) is 54.4 Å². The van der Waals surface area contributed by atoms with Crippen molar-refractivity contribution in [2.45, 2.75) is 23.1 Å². The van der Waals surface area contributed by atoms with Gasteiger partial charge in [-0.2, -0.15) is 0 Å². The van der Waals surface area contributed by atoms with Crippen molar-refractivity contribution in [1.82, 2.24) is 19.6 Å². The normalized spacial score (nSPS) is 16.8. The minimum Gasteiger partial charge on any atom is -0.505 e. The van der Waals surface area contributed by atoms with Crippen molar-refractivity contribution in [3.05, 3.63) is 112 Å². The van der Waals surface area contributed by atoms with Crippen molar-refractivity contribution in [2.24, 2.45) is 0 Å². The van der Waals surface area contributed by atoms with Gasteiger partial charge in [0.15, 0.2) is 10.1 Å². The van der Waals surface area contributed by atoms with Crippen LogP contribution in [0.15, 0.2) is 82.8 Å². The molecule has 1 fully saturated rings. The first-order chi connectivity index (χ1) is 19.3. The molecule has 0 aliphatic carbocycles. The zero-order valence-electron chi connectivity index (χ0n) is 20.8. The largest absolute Gasteiger partial charge is 0.505 e. The summed E-state index contributed by atoms with van der Waals surface area (Å²) in [6, 6.07) is 17.3. The third-order valence-electron chi connectivity index (χ3n) is 6.44. The van der Waals surface area contributed by atoms with E-state index in [0.29, 0.717) is 37.7 Å². The van der Waals surface area contributed by atoms with Gasteiger partial charge >= 0.3 is 5.91 Å². The highest BCUT2D eigenvalue weighted by Gasteiger charge is 2.48. The number of ketones is 1. The Morgan fingerprint density at radius 3 is 2.58 bits per heavy atom. The molecule has 1 saturated heterocycles. The van der Waals surface area contributed by atoms with Crippen LogP contribution in [0.25, 0.3) is 11.4 Å². The monoisotopic (exact) mass is 591 g/mol. The summed E-state index contributed by atoms with van der Waals surface area (Å²) in [5.41, 5.74) is 2.78. The van der Waals surface area contributed by atoms with E-state index in [2.05, 4.69) is 15.2 Å². The molecule has 1 amide bonds. The van der Waals surface area contributed by atoms with E-state index >= 15 is 0 Å². The summed E-state index contributed by atoms with van der Waals surface area (Å²) in [5.74, 6) is -1.82. The van der Waals surface area contributed by atoms with Crippen molar-refractivity contribution in [3.63, 3.8) is 0 Å². The quantitative estimate of drug-likeness (QED) is 0.0824. The number of imidazole rings is 1. The second-order valence-corrected chi connectivity index (χ2v) is 11.6. The van der Waals surface area contributed by atoms with Crippen LogP contribution >= 0.6 is 34.7 Å². The Morgan fingerprint density at radius 1 is 1.07 bits per heavy atom. The molecule has 4 heterocycles. The van der Waals surface area contributed by atoms with Gasteiger partial charge in [-0.3, -0.25) is 18.9 Å². The molecule has 5 aromatic rings. The molecule has 0 bridgehead atoms.